The first-order valence-corrected chi connectivity index (χ1v) is 6.46. The van der Waals surface area contributed by atoms with Crippen molar-refractivity contribution in [1.29, 1.82) is 0 Å². The molecule has 1 aliphatic carbocycles. The van der Waals surface area contributed by atoms with Gasteiger partial charge >= 0.3 is 0 Å². The minimum Gasteiger partial charge on any atom is -0.252 e. The Bertz CT molecular complexity index is 352. The Morgan fingerprint density at radius 1 is 1.12 bits per heavy atom. The Kier molecular flexibility index (Phi) is 3.31. The maximum absolute atomic E-state index is 4.34. The average molecular weight is 221 g/mol. The van der Waals surface area contributed by atoms with E-state index in [-0.39, 0.29) is 0 Å². The number of rotatable bonds is 0. The Balaban J connectivity index is 2.23. The maximum atomic E-state index is 4.34. The van der Waals surface area contributed by atoms with Crippen LogP contribution in [0, 0.1) is 5.41 Å². The lowest BCUT2D eigenvalue weighted by atomic mass is 9.81. The van der Waals surface area contributed by atoms with E-state index in [1.165, 1.54) is 43.5 Å². The number of aryl methyl sites for hydroxylation is 1. The summed E-state index contributed by atoms with van der Waals surface area (Å²) < 4.78 is 1.97. The van der Waals surface area contributed by atoms with Crippen LogP contribution in [0.3, 0.4) is 0 Å². The van der Waals surface area contributed by atoms with E-state index in [1.54, 1.807) is 0 Å². The summed E-state index contributed by atoms with van der Waals surface area (Å²) in [7, 11) is 2.02. The first-order chi connectivity index (χ1) is 7.58. The summed E-state index contributed by atoms with van der Waals surface area (Å²) in [5, 5.41) is 8.51. The van der Waals surface area contributed by atoms with Crippen molar-refractivity contribution in [1.82, 2.24) is 15.0 Å². The molecule has 0 atom stereocenters. The van der Waals surface area contributed by atoms with Gasteiger partial charge in [-0.15, -0.1) is 5.10 Å². The molecule has 0 aliphatic heterocycles. The smallest absolute Gasteiger partial charge is 0.0864 e. The van der Waals surface area contributed by atoms with Crippen molar-refractivity contribution in [3.63, 3.8) is 0 Å². The van der Waals surface area contributed by atoms with Crippen molar-refractivity contribution in [2.75, 3.05) is 0 Å². The molecule has 1 aromatic rings. The van der Waals surface area contributed by atoms with Gasteiger partial charge in [0, 0.05) is 7.05 Å². The summed E-state index contributed by atoms with van der Waals surface area (Å²) in [6.45, 7) is 4.71. The number of hydrogen-bond acceptors (Lipinski definition) is 2. The fourth-order valence-electron chi connectivity index (χ4n) is 2.65. The van der Waals surface area contributed by atoms with Gasteiger partial charge in [0.1, 0.15) is 0 Å². The summed E-state index contributed by atoms with van der Waals surface area (Å²) in [5.74, 6) is 0. The summed E-state index contributed by atoms with van der Waals surface area (Å²) >= 11 is 0. The van der Waals surface area contributed by atoms with Crippen LogP contribution in [0.2, 0.25) is 0 Å². The van der Waals surface area contributed by atoms with Crippen molar-refractivity contribution in [2.45, 2.75) is 58.8 Å². The highest BCUT2D eigenvalue weighted by atomic mass is 15.4. The normalized spacial score (nSPS) is 21.4. The lowest BCUT2D eigenvalue weighted by Crippen LogP contribution is -2.17. The average Bonchev–Trinajstić information content (AvgIpc) is 2.54. The first kappa shape index (κ1) is 11.6. The molecule has 0 saturated heterocycles. The quantitative estimate of drug-likeness (QED) is 0.674. The van der Waals surface area contributed by atoms with E-state index in [0.29, 0.717) is 5.41 Å². The van der Waals surface area contributed by atoms with Gasteiger partial charge in [-0.05, 0) is 31.1 Å². The number of hydrogen-bond donors (Lipinski definition) is 0. The largest absolute Gasteiger partial charge is 0.252 e. The van der Waals surface area contributed by atoms with Crippen LogP contribution in [0.1, 0.15) is 57.3 Å². The Labute approximate surface area is 98.2 Å². The summed E-state index contributed by atoms with van der Waals surface area (Å²) in [6.07, 6.45) is 8.91. The topological polar surface area (TPSA) is 30.7 Å². The lowest BCUT2D eigenvalue weighted by molar-refractivity contribution is 0.310. The Morgan fingerprint density at radius 3 is 2.69 bits per heavy atom. The highest BCUT2D eigenvalue weighted by molar-refractivity contribution is 5.12. The van der Waals surface area contributed by atoms with Crippen LogP contribution in [0.15, 0.2) is 0 Å². The zero-order chi connectivity index (χ0) is 11.6. The van der Waals surface area contributed by atoms with E-state index in [1.807, 2.05) is 11.7 Å². The molecule has 1 aromatic heterocycles. The van der Waals surface area contributed by atoms with Crippen molar-refractivity contribution in [3.05, 3.63) is 11.4 Å². The molecule has 1 aliphatic rings. The molecule has 3 nitrogen and oxygen atoms in total. The van der Waals surface area contributed by atoms with Gasteiger partial charge < -0.3 is 0 Å². The third-order valence-corrected chi connectivity index (χ3v) is 3.69. The number of fused-ring (bicyclic) bond motifs is 1. The molecule has 0 aromatic carbocycles. The van der Waals surface area contributed by atoms with Gasteiger partial charge in [0.15, 0.2) is 0 Å². The van der Waals surface area contributed by atoms with Crippen LogP contribution >= 0.6 is 0 Å². The Hall–Kier alpha value is -0.860. The van der Waals surface area contributed by atoms with Gasteiger partial charge in [-0.2, -0.15) is 0 Å². The first-order valence-electron chi connectivity index (χ1n) is 6.46. The lowest BCUT2D eigenvalue weighted by Gasteiger charge is -2.25. The van der Waals surface area contributed by atoms with Gasteiger partial charge in [-0.3, -0.25) is 4.68 Å². The number of nitrogens with zero attached hydrogens (tertiary/aromatic N) is 3. The molecule has 3 heteroatoms. The molecule has 90 valence electrons. The molecule has 0 N–H and O–H groups in total. The van der Waals surface area contributed by atoms with Crippen molar-refractivity contribution >= 4 is 0 Å². The molecule has 1 heterocycles. The van der Waals surface area contributed by atoms with E-state index in [0.717, 1.165) is 12.8 Å². The van der Waals surface area contributed by atoms with Crippen LogP contribution in [0.5, 0.6) is 0 Å². The molecule has 0 radical (unpaired) electrons. The zero-order valence-corrected chi connectivity index (χ0v) is 10.8. The summed E-state index contributed by atoms with van der Waals surface area (Å²) in [4.78, 5) is 0. The van der Waals surface area contributed by atoms with E-state index in [4.69, 9.17) is 0 Å². The maximum Gasteiger partial charge on any atom is 0.0864 e. The van der Waals surface area contributed by atoms with Crippen LogP contribution in [-0.4, -0.2) is 15.0 Å². The second kappa shape index (κ2) is 4.56. The van der Waals surface area contributed by atoms with Gasteiger partial charge in [-0.1, -0.05) is 38.3 Å². The van der Waals surface area contributed by atoms with Crippen LogP contribution in [0.25, 0.3) is 0 Å². The highest BCUT2D eigenvalue weighted by Gasteiger charge is 2.23. The predicted molar refractivity (Wildman–Crippen MR) is 65.3 cm³/mol. The third kappa shape index (κ3) is 2.63. The second-order valence-electron chi connectivity index (χ2n) is 5.86. The third-order valence-electron chi connectivity index (χ3n) is 3.69. The van der Waals surface area contributed by atoms with Gasteiger partial charge in [-0.25, -0.2) is 0 Å². The number of aromatic nitrogens is 3. The molecule has 16 heavy (non-hydrogen) atoms. The van der Waals surface area contributed by atoms with Gasteiger partial charge in [0.25, 0.3) is 0 Å². The SMILES string of the molecule is Cn1nnc2c1CCCCCCC(C)(C)C2. The molecular weight excluding hydrogens is 198 g/mol. The summed E-state index contributed by atoms with van der Waals surface area (Å²) in [6, 6.07) is 0. The molecule has 0 saturated carbocycles. The standard InChI is InChI=1S/C13H23N3/c1-13(2)9-7-5-4-6-8-12-11(10-13)14-15-16(12)3/h4-10H2,1-3H3. The fourth-order valence-corrected chi connectivity index (χ4v) is 2.65. The highest BCUT2D eigenvalue weighted by Crippen LogP contribution is 2.30. The van der Waals surface area contributed by atoms with E-state index in [2.05, 4.69) is 24.2 Å². The molecule has 2 rings (SSSR count). The molecule has 0 fully saturated rings. The van der Waals surface area contributed by atoms with Crippen LogP contribution < -0.4 is 0 Å². The molecule has 0 amide bonds. The van der Waals surface area contributed by atoms with Crippen molar-refractivity contribution < 1.29 is 0 Å². The Morgan fingerprint density at radius 2 is 1.88 bits per heavy atom. The van der Waals surface area contributed by atoms with Crippen LogP contribution in [-0.2, 0) is 19.9 Å². The van der Waals surface area contributed by atoms with Crippen molar-refractivity contribution in [3.8, 4) is 0 Å². The van der Waals surface area contributed by atoms with Crippen LogP contribution in [0.4, 0.5) is 0 Å². The van der Waals surface area contributed by atoms with Gasteiger partial charge in [0.05, 0.1) is 11.4 Å². The van der Waals surface area contributed by atoms with E-state index >= 15 is 0 Å². The zero-order valence-electron chi connectivity index (χ0n) is 10.8. The predicted octanol–water partition coefficient (Wildman–Crippen LogP) is 2.89. The molecule has 0 unspecified atom stereocenters. The minimum absolute atomic E-state index is 0.377. The molecule has 0 spiro atoms. The monoisotopic (exact) mass is 221 g/mol. The van der Waals surface area contributed by atoms with E-state index in [9.17, 15) is 0 Å². The second-order valence-corrected chi connectivity index (χ2v) is 5.86. The van der Waals surface area contributed by atoms with E-state index < -0.39 is 0 Å². The van der Waals surface area contributed by atoms with Gasteiger partial charge in [0.2, 0.25) is 0 Å². The summed E-state index contributed by atoms with van der Waals surface area (Å²) in [5.41, 5.74) is 2.96. The molecule has 0 bridgehead atoms. The minimum atomic E-state index is 0.377. The molecular formula is C13H23N3. The van der Waals surface area contributed by atoms with Crippen molar-refractivity contribution in [2.24, 2.45) is 12.5 Å². The fraction of sp³-hybridized carbons (Fsp3) is 0.846.